The first-order chi connectivity index (χ1) is 13.5. The number of anilines is 1. The standard InChI is InChI=1S/C18H14BrFN4O2S2/c19-13-5-3-12(4-6-13)16(26)22-17-23-24-18(28-17)27-10-15(25)21-9-11-1-7-14(20)8-2-11/h1-8H,9-10H2,(H,21,25)(H,22,23,26). The van der Waals surface area contributed by atoms with Gasteiger partial charge in [-0.2, -0.15) is 0 Å². The number of carbonyl (C=O) groups is 2. The lowest BCUT2D eigenvalue weighted by Crippen LogP contribution is -2.24. The molecule has 2 aromatic carbocycles. The molecule has 0 radical (unpaired) electrons. The van der Waals surface area contributed by atoms with Gasteiger partial charge in [-0.25, -0.2) is 4.39 Å². The Morgan fingerprint density at radius 3 is 2.50 bits per heavy atom. The predicted molar refractivity (Wildman–Crippen MR) is 111 cm³/mol. The minimum absolute atomic E-state index is 0.163. The highest BCUT2D eigenvalue weighted by molar-refractivity contribution is 9.10. The van der Waals surface area contributed by atoms with E-state index in [9.17, 15) is 14.0 Å². The molecule has 1 aromatic heterocycles. The summed E-state index contributed by atoms with van der Waals surface area (Å²) in [6, 6.07) is 12.9. The van der Waals surface area contributed by atoms with E-state index < -0.39 is 0 Å². The summed E-state index contributed by atoms with van der Waals surface area (Å²) in [5.74, 6) is -0.608. The zero-order chi connectivity index (χ0) is 19.9. The number of benzene rings is 2. The van der Waals surface area contributed by atoms with Crippen LogP contribution in [0.2, 0.25) is 0 Å². The van der Waals surface area contributed by atoms with Crippen LogP contribution in [-0.2, 0) is 11.3 Å². The molecule has 2 N–H and O–H groups in total. The molecule has 6 nitrogen and oxygen atoms in total. The van der Waals surface area contributed by atoms with Crippen molar-refractivity contribution in [1.29, 1.82) is 0 Å². The van der Waals surface area contributed by atoms with Gasteiger partial charge in [-0.3, -0.25) is 14.9 Å². The lowest BCUT2D eigenvalue weighted by molar-refractivity contribution is -0.118. The van der Waals surface area contributed by atoms with Gasteiger partial charge in [0.15, 0.2) is 4.34 Å². The average molecular weight is 481 g/mol. The lowest BCUT2D eigenvalue weighted by atomic mass is 10.2. The van der Waals surface area contributed by atoms with Crippen molar-refractivity contribution in [1.82, 2.24) is 15.5 Å². The summed E-state index contributed by atoms with van der Waals surface area (Å²) in [6.07, 6.45) is 0. The predicted octanol–water partition coefficient (Wildman–Crippen LogP) is 4.10. The molecule has 0 atom stereocenters. The van der Waals surface area contributed by atoms with Crippen LogP contribution in [-0.4, -0.2) is 27.8 Å². The first kappa shape index (κ1) is 20.4. The molecule has 0 fully saturated rings. The van der Waals surface area contributed by atoms with Crippen molar-refractivity contribution in [3.8, 4) is 0 Å². The Morgan fingerprint density at radius 2 is 1.79 bits per heavy atom. The van der Waals surface area contributed by atoms with Crippen LogP contribution in [0.3, 0.4) is 0 Å². The maximum absolute atomic E-state index is 12.9. The summed E-state index contributed by atoms with van der Waals surface area (Å²) in [6.45, 7) is 0.324. The van der Waals surface area contributed by atoms with Crippen LogP contribution in [0.4, 0.5) is 9.52 Å². The van der Waals surface area contributed by atoms with Crippen LogP contribution >= 0.6 is 39.0 Å². The third-order valence-electron chi connectivity index (χ3n) is 3.46. The van der Waals surface area contributed by atoms with Gasteiger partial charge < -0.3 is 5.32 Å². The zero-order valence-electron chi connectivity index (χ0n) is 14.3. The fraction of sp³-hybridized carbons (Fsp3) is 0.111. The topological polar surface area (TPSA) is 84.0 Å². The normalized spacial score (nSPS) is 10.5. The number of hydrogen-bond acceptors (Lipinski definition) is 6. The van der Waals surface area contributed by atoms with E-state index in [1.54, 1.807) is 36.4 Å². The van der Waals surface area contributed by atoms with Crippen molar-refractivity contribution < 1.29 is 14.0 Å². The van der Waals surface area contributed by atoms with Crippen LogP contribution in [0.5, 0.6) is 0 Å². The summed E-state index contributed by atoms with van der Waals surface area (Å²) in [7, 11) is 0. The summed E-state index contributed by atoms with van der Waals surface area (Å²) in [5.41, 5.74) is 1.32. The second kappa shape index (κ2) is 9.76. The molecule has 0 unspecified atom stereocenters. The molecule has 10 heteroatoms. The third kappa shape index (κ3) is 6.11. The Balaban J connectivity index is 1.45. The second-order valence-electron chi connectivity index (χ2n) is 5.53. The highest BCUT2D eigenvalue weighted by atomic mass is 79.9. The maximum Gasteiger partial charge on any atom is 0.257 e. The molecule has 0 saturated carbocycles. The van der Waals surface area contributed by atoms with Crippen LogP contribution in [0, 0.1) is 5.82 Å². The number of amides is 2. The number of thioether (sulfide) groups is 1. The van der Waals surface area contributed by atoms with Gasteiger partial charge in [-0.15, -0.1) is 10.2 Å². The summed E-state index contributed by atoms with van der Waals surface area (Å²) in [4.78, 5) is 24.1. The molecule has 0 aliphatic carbocycles. The minimum Gasteiger partial charge on any atom is -0.351 e. The Hall–Kier alpha value is -2.30. The Kier molecular flexibility index (Phi) is 7.12. The molecule has 0 spiro atoms. The fourth-order valence-electron chi connectivity index (χ4n) is 2.07. The summed E-state index contributed by atoms with van der Waals surface area (Å²) in [5, 5.41) is 13.7. The van der Waals surface area contributed by atoms with E-state index in [1.165, 1.54) is 35.2 Å². The van der Waals surface area contributed by atoms with E-state index in [1.807, 2.05) is 0 Å². The van der Waals surface area contributed by atoms with Crippen molar-refractivity contribution in [2.75, 3.05) is 11.1 Å². The van der Waals surface area contributed by atoms with Gasteiger partial charge >= 0.3 is 0 Å². The third-order valence-corrected chi connectivity index (χ3v) is 5.96. The SMILES string of the molecule is O=C(CSc1nnc(NC(=O)c2ccc(Br)cc2)s1)NCc1ccc(F)cc1. The largest absolute Gasteiger partial charge is 0.351 e. The average Bonchev–Trinajstić information content (AvgIpc) is 3.13. The van der Waals surface area contributed by atoms with E-state index in [2.05, 4.69) is 36.8 Å². The quantitative estimate of drug-likeness (QED) is 0.392. The molecule has 28 heavy (non-hydrogen) atoms. The number of aromatic nitrogens is 2. The zero-order valence-corrected chi connectivity index (χ0v) is 17.5. The van der Waals surface area contributed by atoms with Gasteiger partial charge in [0.05, 0.1) is 5.75 Å². The van der Waals surface area contributed by atoms with E-state index in [-0.39, 0.29) is 23.4 Å². The number of rotatable bonds is 7. The molecule has 0 aliphatic heterocycles. The molecule has 3 aromatic rings. The second-order valence-corrected chi connectivity index (χ2v) is 8.64. The van der Waals surface area contributed by atoms with Crippen LogP contribution < -0.4 is 10.6 Å². The highest BCUT2D eigenvalue weighted by Crippen LogP contribution is 2.25. The molecule has 3 rings (SSSR count). The number of nitrogens with one attached hydrogen (secondary N) is 2. The summed E-state index contributed by atoms with van der Waals surface area (Å²) < 4.78 is 14.3. The molecular weight excluding hydrogens is 467 g/mol. The Labute approximate surface area is 177 Å². The van der Waals surface area contributed by atoms with Gasteiger partial charge in [0, 0.05) is 16.6 Å². The molecule has 0 aliphatic rings. The van der Waals surface area contributed by atoms with Gasteiger partial charge in [0.1, 0.15) is 5.82 Å². The molecule has 0 saturated heterocycles. The molecule has 2 amide bonds. The highest BCUT2D eigenvalue weighted by Gasteiger charge is 2.12. The van der Waals surface area contributed by atoms with Crippen molar-refractivity contribution in [2.24, 2.45) is 0 Å². The molecule has 144 valence electrons. The van der Waals surface area contributed by atoms with Crippen LogP contribution in [0.1, 0.15) is 15.9 Å². The first-order valence-electron chi connectivity index (χ1n) is 8.04. The molecule has 0 bridgehead atoms. The smallest absolute Gasteiger partial charge is 0.257 e. The van der Waals surface area contributed by atoms with Gasteiger partial charge in [-0.1, -0.05) is 51.2 Å². The number of carbonyl (C=O) groups excluding carboxylic acids is 2. The van der Waals surface area contributed by atoms with Crippen molar-refractivity contribution in [3.63, 3.8) is 0 Å². The van der Waals surface area contributed by atoms with E-state index >= 15 is 0 Å². The number of hydrogen-bond donors (Lipinski definition) is 2. The first-order valence-corrected chi connectivity index (χ1v) is 10.6. The van der Waals surface area contributed by atoms with E-state index in [0.717, 1.165) is 10.0 Å². The van der Waals surface area contributed by atoms with E-state index in [0.29, 0.717) is 21.6 Å². The van der Waals surface area contributed by atoms with Crippen LogP contribution in [0.15, 0.2) is 57.3 Å². The lowest BCUT2D eigenvalue weighted by Gasteiger charge is -2.04. The minimum atomic E-state index is -0.315. The van der Waals surface area contributed by atoms with Gasteiger partial charge in [0.25, 0.3) is 5.91 Å². The summed E-state index contributed by atoms with van der Waals surface area (Å²) >= 11 is 5.74. The van der Waals surface area contributed by atoms with Crippen LogP contribution in [0.25, 0.3) is 0 Å². The number of nitrogens with zero attached hydrogens (tertiary/aromatic N) is 2. The number of halogens is 2. The Morgan fingerprint density at radius 1 is 1.07 bits per heavy atom. The maximum atomic E-state index is 12.9. The van der Waals surface area contributed by atoms with Crippen molar-refractivity contribution >= 4 is 56.0 Å². The van der Waals surface area contributed by atoms with Gasteiger partial charge in [0.2, 0.25) is 11.0 Å². The molecular formula is C18H14BrFN4O2S2. The van der Waals surface area contributed by atoms with E-state index in [4.69, 9.17) is 0 Å². The van der Waals surface area contributed by atoms with Crippen molar-refractivity contribution in [2.45, 2.75) is 10.9 Å². The fourth-order valence-corrected chi connectivity index (χ4v) is 3.91. The molecule has 1 heterocycles. The van der Waals surface area contributed by atoms with Crippen molar-refractivity contribution in [3.05, 3.63) is 69.9 Å². The Bertz CT molecular complexity index is 964. The monoisotopic (exact) mass is 480 g/mol. The van der Waals surface area contributed by atoms with Gasteiger partial charge in [-0.05, 0) is 42.0 Å².